The normalized spacial score (nSPS) is 24.3. The van der Waals surface area contributed by atoms with Crippen molar-refractivity contribution in [2.45, 2.75) is 26.2 Å². The lowest BCUT2D eigenvalue weighted by Crippen LogP contribution is -2.09. The van der Waals surface area contributed by atoms with Crippen molar-refractivity contribution >= 4 is 0 Å². The van der Waals surface area contributed by atoms with E-state index in [1.807, 2.05) is 0 Å². The number of aromatic nitrogens is 1. The second kappa shape index (κ2) is 2.15. The van der Waals surface area contributed by atoms with Crippen molar-refractivity contribution in [3.05, 3.63) is 23.5 Å². The third kappa shape index (κ3) is 0.859. The van der Waals surface area contributed by atoms with E-state index in [-0.39, 0.29) is 0 Å². The van der Waals surface area contributed by atoms with Gasteiger partial charge < -0.3 is 4.98 Å². The van der Waals surface area contributed by atoms with Gasteiger partial charge in [0, 0.05) is 11.9 Å². The molecule has 1 unspecified atom stereocenters. The molecule has 10 heavy (non-hydrogen) atoms. The molecule has 1 aromatic rings. The van der Waals surface area contributed by atoms with Crippen LogP contribution in [0.1, 0.15) is 24.6 Å². The van der Waals surface area contributed by atoms with Crippen LogP contribution >= 0.6 is 0 Å². The molecule has 1 atom stereocenters. The second-order valence-corrected chi connectivity index (χ2v) is 3.33. The van der Waals surface area contributed by atoms with Crippen LogP contribution in [0.3, 0.4) is 0 Å². The van der Waals surface area contributed by atoms with Gasteiger partial charge in [0.25, 0.3) is 0 Å². The average molecular weight is 135 g/mol. The first-order chi connectivity index (χ1) is 4.86. The minimum Gasteiger partial charge on any atom is -0.365 e. The molecular formula is C9H13N. The molecule has 54 valence electrons. The minimum atomic E-state index is 0.881. The fraction of sp³-hybridized carbons (Fsp3) is 0.556. The average Bonchev–Trinajstić information content (AvgIpc) is 2.33. The van der Waals surface area contributed by atoms with Crippen LogP contribution in [0.5, 0.6) is 0 Å². The van der Waals surface area contributed by atoms with Gasteiger partial charge in [-0.05, 0) is 36.8 Å². The third-order valence-corrected chi connectivity index (χ3v) is 2.39. The number of rotatable bonds is 0. The van der Waals surface area contributed by atoms with Gasteiger partial charge in [0.1, 0.15) is 0 Å². The number of fused-ring (bicyclic) bond motifs is 1. The monoisotopic (exact) mass is 135 g/mol. The molecule has 1 heterocycles. The predicted octanol–water partition coefficient (Wildman–Crippen LogP) is 2.14. The fourth-order valence-electron chi connectivity index (χ4n) is 1.71. The van der Waals surface area contributed by atoms with Crippen molar-refractivity contribution in [2.24, 2.45) is 5.92 Å². The van der Waals surface area contributed by atoms with Crippen molar-refractivity contribution in [1.29, 1.82) is 0 Å². The molecule has 0 radical (unpaired) electrons. The van der Waals surface area contributed by atoms with Gasteiger partial charge in [0.15, 0.2) is 0 Å². The Morgan fingerprint density at radius 1 is 1.60 bits per heavy atom. The molecule has 1 aliphatic rings. The summed E-state index contributed by atoms with van der Waals surface area (Å²) in [5, 5.41) is 0. The molecule has 0 aliphatic heterocycles. The molecule has 1 aliphatic carbocycles. The van der Waals surface area contributed by atoms with Crippen LogP contribution in [-0.4, -0.2) is 4.98 Å². The Bertz CT molecular complexity index is 224. The van der Waals surface area contributed by atoms with E-state index in [0.717, 1.165) is 5.92 Å². The molecule has 0 fully saturated rings. The molecule has 0 bridgehead atoms. The number of nitrogens with one attached hydrogen (secondary N) is 1. The molecule has 2 rings (SSSR count). The van der Waals surface area contributed by atoms with E-state index in [9.17, 15) is 0 Å². The summed E-state index contributed by atoms with van der Waals surface area (Å²) >= 11 is 0. The van der Waals surface area contributed by atoms with E-state index in [1.54, 1.807) is 0 Å². The molecule has 1 nitrogen and oxygen atoms in total. The maximum absolute atomic E-state index is 3.29. The number of aryl methyl sites for hydroxylation is 1. The maximum atomic E-state index is 3.29. The van der Waals surface area contributed by atoms with Crippen LogP contribution in [0.15, 0.2) is 12.3 Å². The Labute approximate surface area is 61.5 Å². The summed E-state index contributed by atoms with van der Waals surface area (Å²) < 4.78 is 0. The lowest BCUT2D eigenvalue weighted by Gasteiger charge is -2.17. The van der Waals surface area contributed by atoms with Gasteiger partial charge in [-0.2, -0.15) is 0 Å². The summed E-state index contributed by atoms with van der Waals surface area (Å²) in [4.78, 5) is 3.29. The zero-order valence-electron chi connectivity index (χ0n) is 6.35. The summed E-state index contributed by atoms with van der Waals surface area (Å²) in [6, 6.07) is 2.21. The Balaban J connectivity index is 2.30. The van der Waals surface area contributed by atoms with Crippen LogP contribution in [0.4, 0.5) is 0 Å². The van der Waals surface area contributed by atoms with Crippen molar-refractivity contribution in [3.63, 3.8) is 0 Å². The molecule has 0 spiro atoms. The first kappa shape index (κ1) is 6.02. The molecule has 1 N–H and O–H groups in total. The lowest BCUT2D eigenvalue weighted by molar-refractivity contribution is 0.496. The zero-order chi connectivity index (χ0) is 6.97. The molecule has 1 heteroatoms. The van der Waals surface area contributed by atoms with Crippen LogP contribution in [0, 0.1) is 5.92 Å². The minimum absolute atomic E-state index is 0.881. The van der Waals surface area contributed by atoms with Crippen LogP contribution < -0.4 is 0 Å². The largest absolute Gasteiger partial charge is 0.365 e. The summed E-state index contributed by atoms with van der Waals surface area (Å²) in [5.41, 5.74) is 3.01. The van der Waals surface area contributed by atoms with E-state index in [1.165, 1.54) is 30.5 Å². The van der Waals surface area contributed by atoms with Crippen molar-refractivity contribution in [3.8, 4) is 0 Å². The van der Waals surface area contributed by atoms with E-state index >= 15 is 0 Å². The van der Waals surface area contributed by atoms with Gasteiger partial charge in [-0.15, -0.1) is 0 Å². The first-order valence-electron chi connectivity index (χ1n) is 4.01. The standard InChI is InChI=1S/C9H13N/c1-7-2-3-8-4-5-10-9(8)6-7/h4-5,7,10H,2-3,6H2,1H3. The Hall–Kier alpha value is -0.720. The van der Waals surface area contributed by atoms with E-state index < -0.39 is 0 Å². The smallest absolute Gasteiger partial charge is 0.0182 e. The highest BCUT2D eigenvalue weighted by atomic mass is 14.7. The fourth-order valence-corrected chi connectivity index (χ4v) is 1.71. The number of hydrogen-bond donors (Lipinski definition) is 1. The lowest BCUT2D eigenvalue weighted by atomic mass is 9.90. The Kier molecular flexibility index (Phi) is 1.30. The van der Waals surface area contributed by atoms with E-state index in [0.29, 0.717) is 0 Å². The number of aromatic amines is 1. The molecular weight excluding hydrogens is 122 g/mol. The summed E-state index contributed by atoms with van der Waals surface area (Å²) in [5.74, 6) is 0.881. The first-order valence-corrected chi connectivity index (χ1v) is 4.01. The maximum Gasteiger partial charge on any atom is 0.0182 e. The van der Waals surface area contributed by atoms with Crippen molar-refractivity contribution < 1.29 is 0 Å². The van der Waals surface area contributed by atoms with Crippen molar-refractivity contribution in [2.75, 3.05) is 0 Å². The molecule has 0 saturated heterocycles. The van der Waals surface area contributed by atoms with Gasteiger partial charge in [0.05, 0.1) is 0 Å². The third-order valence-electron chi connectivity index (χ3n) is 2.39. The van der Waals surface area contributed by atoms with Gasteiger partial charge >= 0.3 is 0 Å². The quantitative estimate of drug-likeness (QED) is 0.561. The second-order valence-electron chi connectivity index (χ2n) is 3.33. The van der Waals surface area contributed by atoms with Gasteiger partial charge in [-0.1, -0.05) is 6.92 Å². The van der Waals surface area contributed by atoms with Gasteiger partial charge in [-0.25, -0.2) is 0 Å². The summed E-state index contributed by atoms with van der Waals surface area (Å²) in [6.45, 7) is 2.32. The molecule has 0 amide bonds. The zero-order valence-corrected chi connectivity index (χ0v) is 6.35. The van der Waals surface area contributed by atoms with Gasteiger partial charge in [0.2, 0.25) is 0 Å². The highest BCUT2D eigenvalue weighted by Crippen LogP contribution is 2.23. The Morgan fingerprint density at radius 3 is 3.40 bits per heavy atom. The number of H-pyrrole nitrogens is 1. The summed E-state index contributed by atoms with van der Waals surface area (Å²) in [6.07, 6.45) is 5.95. The van der Waals surface area contributed by atoms with Crippen molar-refractivity contribution in [1.82, 2.24) is 4.98 Å². The molecule has 0 aromatic carbocycles. The SMILES string of the molecule is CC1CCc2cc[nH]c2C1. The van der Waals surface area contributed by atoms with Crippen LogP contribution in [-0.2, 0) is 12.8 Å². The van der Waals surface area contributed by atoms with Gasteiger partial charge in [-0.3, -0.25) is 0 Å². The predicted molar refractivity (Wildman–Crippen MR) is 42.0 cm³/mol. The van der Waals surface area contributed by atoms with E-state index in [2.05, 4.69) is 24.2 Å². The Morgan fingerprint density at radius 2 is 2.50 bits per heavy atom. The summed E-state index contributed by atoms with van der Waals surface area (Å²) in [7, 11) is 0. The van der Waals surface area contributed by atoms with Crippen LogP contribution in [0.2, 0.25) is 0 Å². The molecule has 1 aromatic heterocycles. The molecule has 0 saturated carbocycles. The highest BCUT2D eigenvalue weighted by molar-refractivity contribution is 5.23. The van der Waals surface area contributed by atoms with E-state index in [4.69, 9.17) is 0 Å². The van der Waals surface area contributed by atoms with Crippen LogP contribution in [0.25, 0.3) is 0 Å². The highest BCUT2D eigenvalue weighted by Gasteiger charge is 2.14. The topological polar surface area (TPSA) is 15.8 Å². The number of hydrogen-bond acceptors (Lipinski definition) is 0.